The van der Waals surface area contributed by atoms with Crippen molar-refractivity contribution in [3.05, 3.63) is 48.6 Å². The van der Waals surface area contributed by atoms with Crippen LogP contribution in [0.5, 0.6) is 0 Å². The van der Waals surface area contributed by atoms with Crippen molar-refractivity contribution < 1.29 is 24.5 Å². The van der Waals surface area contributed by atoms with Crippen LogP contribution in [0.2, 0.25) is 0 Å². The van der Waals surface area contributed by atoms with Gasteiger partial charge in [0.1, 0.15) is 0 Å². The lowest BCUT2D eigenvalue weighted by molar-refractivity contribution is -0.143. The van der Waals surface area contributed by atoms with Gasteiger partial charge in [-0.15, -0.1) is 0 Å². The lowest BCUT2D eigenvalue weighted by Gasteiger charge is -2.20. The number of aliphatic hydroxyl groups excluding tert-OH is 2. The molecule has 0 aliphatic carbocycles. The van der Waals surface area contributed by atoms with Crippen LogP contribution in [0.1, 0.15) is 316 Å². The van der Waals surface area contributed by atoms with Gasteiger partial charge in [0, 0.05) is 12.8 Å². The molecule has 0 heterocycles. The Labute approximate surface area is 429 Å². The molecule has 69 heavy (non-hydrogen) atoms. The molecule has 2 atom stereocenters. The van der Waals surface area contributed by atoms with Gasteiger partial charge in [0.05, 0.1) is 25.4 Å². The molecule has 6 nitrogen and oxygen atoms in total. The molecule has 0 aromatic heterocycles. The van der Waals surface area contributed by atoms with Gasteiger partial charge in [-0.1, -0.05) is 262 Å². The van der Waals surface area contributed by atoms with Crippen LogP contribution >= 0.6 is 0 Å². The van der Waals surface area contributed by atoms with E-state index >= 15 is 0 Å². The molecule has 0 bridgehead atoms. The summed E-state index contributed by atoms with van der Waals surface area (Å²) in [6, 6.07) is -0.641. The van der Waals surface area contributed by atoms with Gasteiger partial charge in [-0.3, -0.25) is 9.59 Å². The summed E-state index contributed by atoms with van der Waals surface area (Å²) < 4.78 is 5.47. The Bertz CT molecular complexity index is 1160. The van der Waals surface area contributed by atoms with E-state index in [9.17, 15) is 19.8 Å². The number of allylic oxidation sites excluding steroid dienone is 7. The fourth-order valence-corrected chi connectivity index (χ4v) is 9.13. The van der Waals surface area contributed by atoms with Gasteiger partial charge >= 0.3 is 5.97 Å². The Morgan fingerprint density at radius 3 is 1.14 bits per heavy atom. The number of hydrogen-bond acceptors (Lipinski definition) is 5. The lowest BCUT2D eigenvalue weighted by Crippen LogP contribution is -2.45. The highest BCUT2D eigenvalue weighted by Crippen LogP contribution is 2.16. The molecule has 0 radical (unpaired) electrons. The first-order valence-electron chi connectivity index (χ1n) is 30.4. The standard InChI is InChI=1S/C63H117NO5/c1-3-5-7-9-11-13-15-17-19-21-22-23-25-27-31-35-39-43-47-51-55-61(66)60(59-65)64-62(67)56-52-48-44-40-36-32-28-26-30-34-38-42-46-50-54-58-69-63(68)57-53-49-45-41-37-33-29-24-20-18-16-14-12-10-8-6-4-2/h12,14,18,20,30,34,51,55,60-61,65-66H,3-11,13,15-17,19,21-29,31-33,35-50,52-54,56-59H2,1-2H3,(H,64,67)/b14-12-,20-18-,34-30-,55-51+. The molecule has 6 heteroatoms. The third-order valence-electron chi connectivity index (χ3n) is 13.8. The maximum Gasteiger partial charge on any atom is 0.305 e. The Balaban J connectivity index is 3.51. The Kier molecular flexibility index (Phi) is 56.5. The van der Waals surface area contributed by atoms with Crippen LogP contribution < -0.4 is 5.32 Å². The largest absolute Gasteiger partial charge is 0.466 e. The number of nitrogens with one attached hydrogen (secondary N) is 1. The van der Waals surface area contributed by atoms with Gasteiger partial charge in [0.25, 0.3) is 0 Å². The Hall–Kier alpha value is -2.18. The number of aliphatic hydroxyl groups is 2. The summed E-state index contributed by atoms with van der Waals surface area (Å²) in [4.78, 5) is 24.6. The molecule has 0 aliphatic heterocycles. The Morgan fingerprint density at radius 2 is 0.725 bits per heavy atom. The highest BCUT2D eigenvalue weighted by Gasteiger charge is 2.18. The van der Waals surface area contributed by atoms with Crippen molar-refractivity contribution in [3.63, 3.8) is 0 Å². The SMILES string of the molecule is CCCCC/C=C\C/C=C\CCCCCCCCCC(=O)OCCCCCC/C=C\CCCCCCCCCC(=O)NC(CO)C(O)/C=C/CCCCCCCCCCCCCCCCCCCC. The quantitative estimate of drug-likeness (QED) is 0.0321. The molecule has 1 amide bonds. The highest BCUT2D eigenvalue weighted by molar-refractivity contribution is 5.76. The van der Waals surface area contributed by atoms with Crippen molar-refractivity contribution in [2.24, 2.45) is 0 Å². The molecule has 3 N–H and O–H groups in total. The van der Waals surface area contributed by atoms with E-state index in [0.29, 0.717) is 19.4 Å². The second-order valence-electron chi connectivity index (χ2n) is 20.7. The van der Waals surface area contributed by atoms with Crippen molar-refractivity contribution in [1.82, 2.24) is 5.32 Å². The highest BCUT2D eigenvalue weighted by atomic mass is 16.5. The summed E-state index contributed by atoms with van der Waals surface area (Å²) in [5.74, 6) is -0.101. The maximum absolute atomic E-state index is 12.5. The zero-order valence-corrected chi connectivity index (χ0v) is 46.0. The summed E-state index contributed by atoms with van der Waals surface area (Å²) in [5, 5.41) is 23.2. The molecule has 0 fully saturated rings. The van der Waals surface area contributed by atoms with Crippen LogP contribution in [0, 0.1) is 0 Å². The topological polar surface area (TPSA) is 95.9 Å². The van der Waals surface area contributed by atoms with E-state index in [2.05, 4.69) is 55.6 Å². The smallest absolute Gasteiger partial charge is 0.305 e. The minimum absolute atomic E-state index is 0.0190. The van der Waals surface area contributed by atoms with Gasteiger partial charge in [-0.2, -0.15) is 0 Å². The molecule has 0 aromatic carbocycles. The van der Waals surface area contributed by atoms with E-state index in [4.69, 9.17) is 4.74 Å². The average Bonchev–Trinajstić information content (AvgIpc) is 3.35. The van der Waals surface area contributed by atoms with Gasteiger partial charge in [0.2, 0.25) is 5.91 Å². The number of carbonyl (C=O) groups excluding carboxylic acids is 2. The molecule has 0 aromatic rings. The van der Waals surface area contributed by atoms with E-state index in [1.807, 2.05) is 6.08 Å². The number of carbonyl (C=O) groups is 2. The minimum Gasteiger partial charge on any atom is -0.466 e. The van der Waals surface area contributed by atoms with Crippen LogP contribution in [0.15, 0.2) is 48.6 Å². The number of hydrogen-bond donors (Lipinski definition) is 3. The predicted octanol–water partition coefficient (Wildman–Crippen LogP) is 19.0. The van der Waals surface area contributed by atoms with Crippen LogP contribution in [0.25, 0.3) is 0 Å². The van der Waals surface area contributed by atoms with Crippen molar-refractivity contribution >= 4 is 11.9 Å². The second kappa shape index (κ2) is 58.4. The third-order valence-corrected chi connectivity index (χ3v) is 13.8. The molecule has 0 spiro atoms. The Morgan fingerprint density at radius 1 is 0.406 bits per heavy atom. The zero-order valence-electron chi connectivity index (χ0n) is 46.0. The van der Waals surface area contributed by atoms with Gasteiger partial charge in [-0.25, -0.2) is 0 Å². The fourth-order valence-electron chi connectivity index (χ4n) is 9.13. The molecular formula is C63H117NO5. The van der Waals surface area contributed by atoms with E-state index < -0.39 is 12.1 Å². The van der Waals surface area contributed by atoms with E-state index in [1.165, 1.54) is 212 Å². The normalized spacial score (nSPS) is 12.9. The first kappa shape index (κ1) is 66.8. The molecule has 0 saturated heterocycles. The summed E-state index contributed by atoms with van der Waals surface area (Å²) in [5.41, 5.74) is 0. The van der Waals surface area contributed by atoms with Crippen LogP contribution in [-0.4, -0.2) is 47.4 Å². The molecule has 404 valence electrons. The van der Waals surface area contributed by atoms with Crippen molar-refractivity contribution in [2.45, 2.75) is 328 Å². The fraction of sp³-hybridized carbons (Fsp3) is 0.841. The predicted molar refractivity (Wildman–Crippen MR) is 301 cm³/mol. The van der Waals surface area contributed by atoms with Crippen LogP contribution in [0.4, 0.5) is 0 Å². The summed E-state index contributed by atoms with van der Waals surface area (Å²) in [6.07, 6.45) is 74.2. The number of ether oxygens (including phenoxy) is 1. The number of unbranched alkanes of at least 4 members (excludes halogenated alkanes) is 39. The molecule has 0 saturated carbocycles. The van der Waals surface area contributed by atoms with Gasteiger partial charge in [0.15, 0.2) is 0 Å². The summed E-state index contributed by atoms with van der Waals surface area (Å²) in [6.45, 7) is 4.85. The summed E-state index contributed by atoms with van der Waals surface area (Å²) in [7, 11) is 0. The molecular weight excluding hydrogens is 851 g/mol. The number of amides is 1. The van der Waals surface area contributed by atoms with E-state index in [1.54, 1.807) is 6.08 Å². The number of rotatable bonds is 56. The van der Waals surface area contributed by atoms with Crippen molar-refractivity contribution in [1.29, 1.82) is 0 Å². The minimum atomic E-state index is -0.856. The van der Waals surface area contributed by atoms with Crippen LogP contribution in [0.3, 0.4) is 0 Å². The lowest BCUT2D eigenvalue weighted by atomic mass is 10.0. The van der Waals surface area contributed by atoms with E-state index in [-0.39, 0.29) is 18.5 Å². The molecule has 0 aliphatic rings. The summed E-state index contributed by atoms with van der Waals surface area (Å²) >= 11 is 0. The first-order valence-corrected chi connectivity index (χ1v) is 30.4. The monoisotopic (exact) mass is 968 g/mol. The number of esters is 1. The molecule has 0 rings (SSSR count). The van der Waals surface area contributed by atoms with E-state index in [0.717, 1.165) is 77.0 Å². The van der Waals surface area contributed by atoms with Gasteiger partial charge in [-0.05, 0) is 89.9 Å². The van der Waals surface area contributed by atoms with Crippen molar-refractivity contribution in [2.75, 3.05) is 13.2 Å². The second-order valence-corrected chi connectivity index (χ2v) is 20.7. The third kappa shape index (κ3) is 55.0. The first-order chi connectivity index (χ1) is 34.0. The van der Waals surface area contributed by atoms with Crippen LogP contribution in [-0.2, 0) is 14.3 Å². The molecule has 2 unspecified atom stereocenters. The zero-order chi connectivity index (χ0) is 50.0. The van der Waals surface area contributed by atoms with Crippen molar-refractivity contribution in [3.8, 4) is 0 Å². The average molecular weight is 969 g/mol. The van der Waals surface area contributed by atoms with Gasteiger partial charge < -0.3 is 20.3 Å². The maximum atomic E-state index is 12.5.